The van der Waals surface area contributed by atoms with Crippen LogP contribution in [0.4, 0.5) is 0 Å². The number of hydrogen-bond acceptors (Lipinski definition) is 0. The first-order valence-corrected chi connectivity index (χ1v) is 6.77. The van der Waals surface area contributed by atoms with Gasteiger partial charge in [-0.3, -0.25) is 0 Å². The van der Waals surface area contributed by atoms with Crippen LogP contribution in [-0.4, -0.2) is 0 Å². The molecule has 0 aromatic rings. The van der Waals surface area contributed by atoms with Gasteiger partial charge in [-0.1, -0.05) is 88.0 Å². The van der Waals surface area contributed by atoms with Gasteiger partial charge in [0.15, 0.2) is 0 Å². The summed E-state index contributed by atoms with van der Waals surface area (Å²) in [5.74, 6) is 0.799. The van der Waals surface area contributed by atoms with Gasteiger partial charge in [0.1, 0.15) is 0 Å². The summed E-state index contributed by atoms with van der Waals surface area (Å²) in [6.45, 7) is 20.0. The molecule has 0 saturated heterocycles. The van der Waals surface area contributed by atoms with Crippen molar-refractivity contribution in [3.63, 3.8) is 0 Å². The molecule has 0 radical (unpaired) electrons. The van der Waals surface area contributed by atoms with Crippen molar-refractivity contribution in [3.8, 4) is 0 Å². The molecule has 0 rings (SSSR count). The highest BCUT2D eigenvalue weighted by Crippen LogP contribution is 2.23. The smallest absolute Gasteiger partial charge is 0.0360 e. The second kappa shape index (κ2) is 14.0. The lowest BCUT2D eigenvalue weighted by Gasteiger charge is -2.22. The summed E-state index contributed by atoms with van der Waals surface area (Å²) in [4.78, 5) is 0. The first-order chi connectivity index (χ1) is 6.77. The minimum atomic E-state index is 0.500. The molecule has 0 fully saturated rings. The molecule has 15 heavy (non-hydrogen) atoms. The summed E-state index contributed by atoms with van der Waals surface area (Å²) < 4.78 is 0. The molecule has 0 aromatic carbocycles. The molecule has 0 heteroatoms. The van der Waals surface area contributed by atoms with E-state index in [1.165, 1.54) is 25.7 Å². The summed E-state index contributed by atoms with van der Waals surface area (Å²) in [6, 6.07) is 0. The molecule has 0 aliphatic carbocycles. The summed E-state index contributed by atoms with van der Waals surface area (Å²) >= 11 is 0. The highest BCUT2D eigenvalue weighted by atomic mass is 14.2. The van der Waals surface area contributed by atoms with Gasteiger partial charge in [0, 0.05) is 0 Å². The van der Waals surface area contributed by atoms with E-state index in [4.69, 9.17) is 0 Å². The van der Waals surface area contributed by atoms with Crippen molar-refractivity contribution in [2.75, 3.05) is 0 Å². The predicted octanol–water partition coefficient (Wildman–Crippen LogP) is 6.30. The molecule has 0 aliphatic heterocycles. The van der Waals surface area contributed by atoms with Crippen LogP contribution in [0.1, 0.15) is 88.0 Å². The number of unbranched alkanes of at least 4 members (excludes halogenated alkanes) is 2. The maximum atomic E-state index is 2.26. The van der Waals surface area contributed by atoms with Crippen LogP contribution in [0.15, 0.2) is 0 Å². The minimum absolute atomic E-state index is 0.500. The van der Waals surface area contributed by atoms with Gasteiger partial charge in [0.2, 0.25) is 0 Å². The van der Waals surface area contributed by atoms with Crippen molar-refractivity contribution >= 4 is 0 Å². The summed E-state index contributed by atoms with van der Waals surface area (Å²) in [5.41, 5.74) is 0.500. The van der Waals surface area contributed by atoms with Gasteiger partial charge in [-0.05, 0) is 11.3 Å². The van der Waals surface area contributed by atoms with Crippen LogP contribution in [-0.2, 0) is 0 Å². The van der Waals surface area contributed by atoms with Gasteiger partial charge in [-0.2, -0.15) is 0 Å². The monoisotopic (exact) mass is 216 g/mol. The molecule has 96 valence electrons. The van der Waals surface area contributed by atoms with Crippen LogP contribution in [0.3, 0.4) is 0 Å². The Hall–Kier alpha value is 0. The summed E-state index contributed by atoms with van der Waals surface area (Å²) in [5, 5.41) is 0. The molecule has 0 bridgehead atoms. The van der Waals surface area contributed by atoms with Gasteiger partial charge in [-0.15, -0.1) is 0 Å². The van der Waals surface area contributed by atoms with E-state index in [9.17, 15) is 0 Å². The molecule has 0 aromatic heterocycles. The Morgan fingerprint density at radius 2 is 0.800 bits per heavy atom. The first kappa shape index (κ1) is 20.4. The Balaban J connectivity index is -0.000000155. The molecule has 0 aliphatic rings. The van der Waals surface area contributed by atoms with E-state index in [1.807, 2.05) is 0 Å². The zero-order valence-corrected chi connectivity index (χ0v) is 12.9. The van der Waals surface area contributed by atoms with Crippen LogP contribution >= 0.6 is 0 Å². The molecule has 0 nitrogen and oxygen atoms in total. The molecule has 0 spiro atoms. The molecule has 0 amide bonds. The molecule has 0 saturated carbocycles. The van der Waals surface area contributed by atoms with Gasteiger partial charge in [0.25, 0.3) is 0 Å². The summed E-state index contributed by atoms with van der Waals surface area (Å²) in [6.07, 6.45) is 5.28. The fourth-order valence-corrected chi connectivity index (χ4v) is 0. The molecule has 0 unspecified atom stereocenters. The SMILES string of the molecule is CC(C)C(C)(C)C.CCCC.CCCC. The summed E-state index contributed by atoms with van der Waals surface area (Å²) in [7, 11) is 0. The standard InChI is InChI=1S/C7H16.2C4H10/c1-6(2)7(3,4)5;2*1-3-4-2/h6H,1-5H3;2*3-4H2,1-2H3. The Morgan fingerprint density at radius 1 is 0.667 bits per heavy atom. The fourth-order valence-electron chi connectivity index (χ4n) is 0. The second-order valence-electron chi connectivity index (χ2n) is 5.52. The molecular formula is C15H36. The largest absolute Gasteiger partial charge is 0.0654 e. The van der Waals surface area contributed by atoms with Crippen molar-refractivity contribution in [2.45, 2.75) is 88.0 Å². The third-order valence-corrected chi connectivity index (χ3v) is 2.73. The van der Waals surface area contributed by atoms with E-state index in [0.717, 1.165) is 5.92 Å². The van der Waals surface area contributed by atoms with Gasteiger partial charge < -0.3 is 0 Å². The van der Waals surface area contributed by atoms with Crippen molar-refractivity contribution in [2.24, 2.45) is 11.3 Å². The predicted molar refractivity (Wildman–Crippen MR) is 75.5 cm³/mol. The van der Waals surface area contributed by atoms with E-state index < -0.39 is 0 Å². The third kappa shape index (κ3) is 31.5. The van der Waals surface area contributed by atoms with Gasteiger partial charge in [-0.25, -0.2) is 0 Å². The zero-order valence-electron chi connectivity index (χ0n) is 12.9. The van der Waals surface area contributed by atoms with E-state index in [1.54, 1.807) is 0 Å². The van der Waals surface area contributed by atoms with Crippen molar-refractivity contribution < 1.29 is 0 Å². The van der Waals surface area contributed by atoms with Crippen LogP contribution in [0.5, 0.6) is 0 Å². The Kier molecular flexibility index (Phi) is 19.1. The van der Waals surface area contributed by atoms with E-state index in [0.29, 0.717) is 5.41 Å². The fraction of sp³-hybridized carbons (Fsp3) is 1.00. The third-order valence-electron chi connectivity index (χ3n) is 2.73. The van der Waals surface area contributed by atoms with Gasteiger partial charge in [0.05, 0.1) is 0 Å². The number of hydrogen-bond donors (Lipinski definition) is 0. The lowest BCUT2D eigenvalue weighted by Crippen LogP contribution is -2.12. The maximum Gasteiger partial charge on any atom is -0.0360 e. The zero-order chi connectivity index (χ0) is 12.9. The first-order valence-electron chi connectivity index (χ1n) is 6.77. The van der Waals surface area contributed by atoms with Crippen molar-refractivity contribution in [3.05, 3.63) is 0 Å². The van der Waals surface area contributed by atoms with Crippen LogP contribution in [0.25, 0.3) is 0 Å². The average Bonchev–Trinajstić information content (AvgIpc) is 2.17. The van der Waals surface area contributed by atoms with Gasteiger partial charge >= 0.3 is 0 Å². The quantitative estimate of drug-likeness (QED) is 0.508. The minimum Gasteiger partial charge on any atom is -0.0654 e. The molecule has 0 heterocycles. The highest BCUT2D eigenvalue weighted by molar-refractivity contribution is 4.64. The van der Waals surface area contributed by atoms with E-state index >= 15 is 0 Å². The number of rotatable bonds is 2. The van der Waals surface area contributed by atoms with E-state index in [-0.39, 0.29) is 0 Å². The molecule has 0 atom stereocenters. The average molecular weight is 216 g/mol. The van der Waals surface area contributed by atoms with Crippen LogP contribution in [0, 0.1) is 11.3 Å². The lowest BCUT2D eigenvalue weighted by atomic mass is 9.84. The van der Waals surface area contributed by atoms with Crippen LogP contribution < -0.4 is 0 Å². The molecular weight excluding hydrogens is 180 g/mol. The highest BCUT2D eigenvalue weighted by Gasteiger charge is 2.13. The van der Waals surface area contributed by atoms with Crippen molar-refractivity contribution in [1.82, 2.24) is 0 Å². The topological polar surface area (TPSA) is 0 Å². The van der Waals surface area contributed by atoms with Crippen LogP contribution in [0.2, 0.25) is 0 Å². The van der Waals surface area contributed by atoms with Crippen molar-refractivity contribution in [1.29, 1.82) is 0 Å². The molecule has 0 N–H and O–H groups in total. The Labute approximate surface area is 99.9 Å². The lowest BCUT2D eigenvalue weighted by molar-refractivity contribution is 0.283. The Bertz CT molecular complexity index is 76.7. The normalized spacial score (nSPS) is 10.0. The Morgan fingerprint density at radius 3 is 0.800 bits per heavy atom. The maximum absolute atomic E-state index is 2.26. The second-order valence-corrected chi connectivity index (χ2v) is 5.52. The van der Waals surface area contributed by atoms with E-state index in [2.05, 4.69) is 62.3 Å².